The molecule has 0 radical (unpaired) electrons. The van der Waals surface area contributed by atoms with E-state index in [-0.39, 0.29) is 36.5 Å². The van der Waals surface area contributed by atoms with Crippen LogP contribution in [0.3, 0.4) is 0 Å². The molecule has 142 valence electrons. The molecule has 24 heavy (non-hydrogen) atoms. The molecule has 0 aromatic heterocycles. The standard InChI is InChI=1S/C18H36N2O4/c1-14(2)20-18(23)10-7-9-17(22)19-11-6-5-8-16(12-21)13-24-15(3)4/h14-16,21H,5-13H2,1-4H3,(H,19,22)(H,20,23). The Kier molecular flexibility index (Phi) is 13.5. The molecule has 1 unspecified atom stereocenters. The van der Waals surface area contributed by atoms with Crippen molar-refractivity contribution in [3.05, 3.63) is 0 Å². The van der Waals surface area contributed by atoms with Crippen LogP contribution < -0.4 is 10.6 Å². The Balaban J connectivity index is 3.59. The average molecular weight is 344 g/mol. The fraction of sp³-hybridized carbons (Fsp3) is 0.889. The van der Waals surface area contributed by atoms with Gasteiger partial charge in [-0.3, -0.25) is 9.59 Å². The Labute approximate surface area is 146 Å². The fourth-order valence-corrected chi connectivity index (χ4v) is 2.23. The zero-order valence-electron chi connectivity index (χ0n) is 15.8. The highest BCUT2D eigenvalue weighted by Crippen LogP contribution is 2.09. The van der Waals surface area contributed by atoms with E-state index in [9.17, 15) is 14.7 Å². The number of hydrogen-bond acceptors (Lipinski definition) is 4. The van der Waals surface area contributed by atoms with Crippen molar-refractivity contribution in [3.63, 3.8) is 0 Å². The number of aliphatic hydroxyl groups excluding tert-OH is 1. The summed E-state index contributed by atoms with van der Waals surface area (Å²) in [7, 11) is 0. The monoisotopic (exact) mass is 344 g/mol. The summed E-state index contributed by atoms with van der Waals surface area (Å²) in [6.07, 6.45) is 4.26. The SMILES string of the molecule is CC(C)NC(=O)CCCC(=O)NCCCCC(CO)COC(C)C. The van der Waals surface area contributed by atoms with Crippen LogP contribution in [0.2, 0.25) is 0 Å². The first kappa shape index (κ1) is 22.9. The van der Waals surface area contributed by atoms with E-state index in [4.69, 9.17) is 4.74 Å². The Morgan fingerprint density at radius 1 is 1.00 bits per heavy atom. The van der Waals surface area contributed by atoms with Crippen LogP contribution in [-0.4, -0.2) is 48.8 Å². The molecule has 2 amide bonds. The number of aliphatic hydroxyl groups is 1. The highest BCUT2D eigenvalue weighted by Gasteiger charge is 2.09. The van der Waals surface area contributed by atoms with E-state index in [1.807, 2.05) is 27.7 Å². The summed E-state index contributed by atoms with van der Waals surface area (Å²) in [4.78, 5) is 23.1. The van der Waals surface area contributed by atoms with Crippen molar-refractivity contribution in [1.82, 2.24) is 10.6 Å². The van der Waals surface area contributed by atoms with Gasteiger partial charge < -0.3 is 20.5 Å². The first-order valence-corrected chi connectivity index (χ1v) is 9.13. The summed E-state index contributed by atoms with van der Waals surface area (Å²) in [5, 5.41) is 15.0. The van der Waals surface area contributed by atoms with Gasteiger partial charge in [-0.05, 0) is 47.0 Å². The Morgan fingerprint density at radius 3 is 2.25 bits per heavy atom. The molecule has 0 aliphatic rings. The van der Waals surface area contributed by atoms with Gasteiger partial charge in [0.05, 0.1) is 12.7 Å². The van der Waals surface area contributed by atoms with Crippen molar-refractivity contribution in [2.75, 3.05) is 19.8 Å². The molecule has 1 atom stereocenters. The number of nitrogens with one attached hydrogen (secondary N) is 2. The van der Waals surface area contributed by atoms with Crippen molar-refractivity contribution >= 4 is 11.8 Å². The lowest BCUT2D eigenvalue weighted by molar-refractivity contribution is -0.122. The molecule has 0 heterocycles. The van der Waals surface area contributed by atoms with Crippen molar-refractivity contribution in [2.45, 2.75) is 78.4 Å². The molecule has 0 aromatic carbocycles. The lowest BCUT2D eigenvalue weighted by Gasteiger charge is -2.16. The average Bonchev–Trinajstić information content (AvgIpc) is 2.49. The van der Waals surface area contributed by atoms with Gasteiger partial charge in [-0.2, -0.15) is 0 Å². The van der Waals surface area contributed by atoms with Crippen molar-refractivity contribution in [3.8, 4) is 0 Å². The minimum absolute atomic E-state index is 0.00328. The number of hydrogen-bond donors (Lipinski definition) is 3. The van der Waals surface area contributed by atoms with Gasteiger partial charge >= 0.3 is 0 Å². The zero-order valence-corrected chi connectivity index (χ0v) is 15.8. The predicted octanol–water partition coefficient (Wildman–Crippen LogP) is 2.00. The normalized spacial score (nSPS) is 12.5. The maximum absolute atomic E-state index is 11.7. The Bertz CT molecular complexity index is 346. The lowest BCUT2D eigenvalue weighted by Crippen LogP contribution is -2.30. The van der Waals surface area contributed by atoms with Gasteiger partial charge in [-0.1, -0.05) is 6.42 Å². The molecule has 0 saturated heterocycles. The second-order valence-electron chi connectivity index (χ2n) is 6.85. The summed E-state index contributed by atoms with van der Waals surface area (Å²) < 4.78 is 5.52. The van der Waals surface area contributed by atoms with Gasteiger partial charge in [0.2, 0.25) is 11.8 Å². The molecule has 0 aliphatic carbocycles. The third-order valence-corrected chi connectivity index (χ3v) is 3.54. The topological polar surface area (TPSA) is 87.7 Å². The largest absolute Gasteiger partial charge is 0.396 e. The number of amides is 2. The van der Waals surface area contributed by atoms with E-state index in [0.717, 1.165) is 19.3 Å². The maximum Gasteiger partial charge on any atom is 0.220 e. The van der Waals surface area contributed by atoms with Crippen LogP contribution in [0.25, 0.3) is 0 Å². The van der Waals surface area contributed by atoms with Gasteiger partial charge in [-0.25, -0.2) is 0 Å². The molecule has 0 aliphatic heterocycles. The third-order valence-electron chi connectivity index (χ3n) is 3.54. The molecule has 0 bridgehead atoms. The molecule has 0 spiro atoms. The number of unbranched alkanes of at least 4 members (excludes halogenated alkanes) is 1. The summed E-state index contributed by atoms with van der Waals surface area (Å²) in [5.74, 6) is 0.160. The second-order valence-corrected chi connectivity index (χ2v) is 6.85. The molecule has 3 N–H and O–H groups in total. The van der Waals surface area contributed by atoms with E-state index in [1.54, 1.807) is 0 Å². The highest BCUT2D eigenvalue weighted by atomic mass is 16.5. The van der Waals surface area contributed by atoms with Crippen molar-refractivity contribution in [2.24, 2.45) is 5.92 Å². The van der Waals surface area contributed by atoms with Crippen LogP contribution in [0.4, 0.5) is 0 Å². The van der Waals surface area contributed by atoms with Gasteiger partial charge in [0, 0.05) is 38.0 Å². The minimum Gasteiger partial charge on any atom is -0.396 e. The summed E-state index contributed by atoms with van der Waals surface area (Å²) in [6.45, 7) is 9.16. The summed E-state index contributed by atoms with van der Waals surface area (Å²) in [5.41, 5.74) is 0. The molecular formula is C18H36N2O4. The van der Waals surface area contributed by atoms with Gasteiger partial charge in [-0.15, -0.1) is 0 Å². The van der Waals surface area contributed by atoms with Crippen molar-refractivity contribution in [1.29, 1.82) is 0 Å². The van der Waals surface area contributed by atoms with E-state index in [0.29, 0.717) is 32.4 Å². The number of carbonyl (C=O) groups is 2. The summed E-state index contributed by atoms with van der Waals surface area (Å²) >= 11 is 0. The second kappa shape index (κ2) is 14.2. The smallest absolute Gasteiger partial charge is 0.220 e. The molecular weight excluding hydrogens is 308 g/mol. The van der Waals surface area contributed by atoms with Crippen LogP contribution in [-0.2, 0) is 14.3 Å². The molecule has 0 fully saturated rings. The zero-order chi connectivity index (χ0) is 18.4. The number of ether oxygens (including phenoxy) is 1. The Hall–Kier alpha value is -1.14. The number of rotatable bonds is 14. The van der Waals surface area contributed by atoms with E-state index >= 15 is 0 Å². The molecule has 0 rings (SSSR count). The van der Waals surface area contributed by atoms with Crippen LogP contribution in [0.1, 0.15) is 66.2 Å². The van der Waals surface area contributed by atoms with Gasteiger partial charge in [0.1, 0.15) is 0 Å². The van der Waals surface area contributed by atoms with E-state index in [2.05, 4.69) is 10.6 Å². The van der Waals surface area contributed by atoms with E-state index < -0.39 is 0 Å². The lowest BCUT2D eigenvalue weighted by atomic mass is 10.0. The molecule has 6 nitrogen and oxygen atoms in total. The van der Waals surface area contributed by atoms with Crippen LogP contribution in [0.5, 0.6) is 0 Å². The molecule has 0 aromatic rings. The van der Waals surface area contributed by atoms with Crippen LogP contribution in [0.15, 0.2) is 0 Å². The third kappa shape index (κ3) is 14.5. The number of carbonyl (C=O) groups excluding carboxylic acids is 2. The summed E-state index contributed by atoms with van der Waals surface area (Å²) in [6, 6.07) is 0.139. The maximum atomic E-state index is 11.7. The molecule has 6 heteroatoms. The van der Waals surface area contributed by atoms with Crippen LogP contribution in [0, 0.1) is 5.92 Å². The van der Waals surface area contributed by atoms with Gasteiger partial charge in [0.25, 0.3) is 0 Å². The minimum atomic E-state index is -0.00537. The van der Waals surface area contributed by atoms with Crippen LogP contribution >= 0.6 is 0 Å². The predicted molar refractivity (Wildman–Crippen MR) is 95.7 cm³/mol. The first-order valence-electron chi connectivity index (χ1n) is 9.13. The molecule has 0 saturated carbocycles. The van der Waals surface area contributed by atoms with E-state index in [1.165, 1.54) is 0 Å². The first-order chi connectivity index (χ1) is 11.3. The quantitative estimate of drug-likeness (QED) is 0.421. The van der Waals surface area contributed by atoms with Crippen molar-refractivity contribution < 1.29 is 19.4 Å². The highest BCUT2D eigenvalue weighted by molar-refractivity contribution is 5.78. The Morgan fingerprint density at radius 2 is 1.67 bits per heavy atom. The fourth-order valence-electron chi connectivity index (χ4n) is 2.23. The van der Waals surface area contributed by atoms with Gasteiger partial charge in [0.15, 0.2) is 0 Å².